The number of aryl methyl sites for hydroxylation is 2. The normalized spacial score (nSPS) is 17.2. The van der Waals surface area contributed by atoms with E-state index in [4.69, 9.17) is 15.2 Å². The summed E-state index contributed by atoms with van der Waals surface area (Å²) in [6.45, 7) is 8.45. The third-order valence-electron chi connectivity index (χ3n) is 5.44. The van der Waals surface area contributed by atoms with Crippen molar-refractivity contribution in [1.29, 1.82) is 0 Å². The Labute approximate surface area is 191 Å². The zero-order valence-electron chi connectivity index (χ0n) is 18.4. The van der Waals surface area contributed by atoms with Gasteiger partial charge in [0.15, 0.2) is 0 Å². The van der Waals surface area contributed by atoms with Gasteiger partial charge >= 0.3 is 0 Å². The second-order valence-electron chi connectivity index (χ2n) is 7.87. The van der Waals surface area contributed by atoms with Crippen LogP contribution < -0.4 is 15.8 Å². The molecule has 1 fully saturated rings. The largest absolute Gasteiger partial charge is 0.491 e. The van der Waals surface area contributed by atoms with Crippen LogP contribution in [0.1, 0.15) is 45.0 Å². The van der Waals surface area contributed by atoms with E-state index in [0.29, 0.717) is 30.4 Å². The van der Waals surface area contributed by atoms with E-state index in [1.54, 1.807) is 29.8 Å². The SMILES string of the molecule is Cc1ncc([C@H](C)c2c(C(N)=O)cc(OC[C@H]3CNCCO3)cc2-c2ncc(C)s2)cn1. The number of amides is 1. The highest BCUT2D eigenvalue weighted by atomic mass is 32.1. The Morgan fingerprint density at radius 2 is 2.06 bits per heavy atom. The molecule has 0 radical (unpaired) electrons. The smallest absolute Gasteiger partial charge is 0.249 e. The maximum absolute atomic E-state index is 12.5. The van der Waals surface area contributed by atoms with Crippen molar-refractivity contribution < 1.29 is 14.3 Å². The fourth-order valence-corrected chi connectivity index (χ4v) is 4.54. The van der Waals surface area contributed by atoms with Gasteiger partial charge in [0.05, 0.1) is 6.61 Å². The summed E-state index contributed by atoms with van der Waals surface area (Å²) in [5, 5.41) is 4.09. The van der Waals surface area contributed by atoms with E-state index in [2.05, 4.69) is 20.3 Å². The van der Waals surface area contributed by atoms with Crippen molar-refractivity contribution >= 4 is 17.2 Å². The van der Waals surface area contributed by atoms with Crippen LogP contribution in [0, 0.1) is 13.8 Å². The Bertz CT molecular complexity index is 1090. The lowest BCUT2D eigenvalue weighted by Gasteiger charge is -2.24. The molecule has 0 saturated carbocycles. The van der Waals surface area contributed by atoms with Crippen molar-refractivity contribution in [2.75, 3.05) is 26.3 Å². The topological polar surface area (TPSA) is 112 Å². The number of nitrogens with two attached hydrogens (primary N) is 1. The summed E-state index contributed by atoms with van der Waals surface area (Å²) >= 11 is 1.56. The maximum atomic E-state index is 12.5. The van der Waals surface area contributed by atoms with Crippen molar-refractivity contribution in [3.63, 3.8) is 0 Å². The van der Waals surface area contributed by atoms with Crippen LogP contribution >= 0.6 is 11.3 Å². The second kappa shape index (κ2) is 9.72. The van der Waals surface area contributed by atoms with Crippen LogP contribution in [0.5, 0.6) is 5.75 Å². The summed E-state index contributed by atoms with van der Waals surface area (Å²) in [4.78, 5) is 26.8. The first-order chi connectivity index (χ1) is 15.4. The van der Waals surface area contributed by atoms with E-state index in [1.165, 1.54) is 0 Å². The van der Waals surface area contributed by atoms with Crippen molar-refractivity contribution in [1.82, 2.24) is 20.3 Å². The first kappa shape index (κ1) is 22.3. The van der Waals surface area contributed by atoms with E-state index < -0.39 is 5.91 Å². The molecule has 0 spiro atoms. The number of primary amides is 1. The van der Waals surface area contributed by atoms with Gasteiger partial charge in [0, 0.05) is 53.6 Å². The predicted octanol–water partition coefficient (Wildman–Crippen LogP) is 2.83. The molecule has 1 saturated heterocycles. The minimum atomic E-state index is -0.518. The molecule has 1 aliphatic rings. The van der Waals surface area contributed by atoms with E-state index in [9.17, 15) is 4.79 Å². The number of thiazole rings is 1. The lowest BCUT2D eigenvalue weighted by atomic mass is 9.86. The van der Waals surface area contributed by atoms with Gasteiger partial charge in [-0.15, -0.1) is 11.3 Å². The lowest BCUT2D eigenvalue weighted by molar-refractivity contribution is 0.000192. The highest BCUT2D eigenvalue weighted by molar-refractivity contribution is 7.15. The summed E-state index contributed by atoms with van der Waals surface area (Å²) in [6.07, 6.45) is 5.34. The summed E-state index contributed by atoms with van der Waals surface area (Å²) in [7, 11) is 0. The monoisotopic (exact) mass is 453 g/mol. The number of aromatic nitrogens is 3. The Kier molecular flexibility index (Phi) is 6.78. The number of rotatable bonds is 7. The van der Waals surface area contributed by atoms with E-state index in [-0.39, 0.29) is 12.0 Å². The molecule has 2 atom stereocenters. The number of benzene rings is 1. The molecule has 1 aliphatic heterocycles. The van der Waals surface area contributed by atoms with Crippen molar-refractivity contribution in [2.45, 2.75) is 32.8 Å². The maximum Gasteiger partial charge on any atom is 0.249 e. The van der Waals surface area contributed by atoms with Crippen molar-refractivity contribution in [3.8, 4) is 16.3 Å². The van der Waals surface area contributed by atoms with Gasteiger partial charge in [-0.2, -0.15) is 0 Å². The number of carbonyl (C=O) groups excluding carboxylic acids is 1. The van der Waals surface area contributed by atoms with Crippen molar-refractivity contribution in [2.24, 2.45) is 5.73 Å². The van der Waals surface area contributed by atoms with Crippen LogP contribution in [0.15, 0.2) is 30.7 Å². The molecule has 3 N–H and O–H groups in total. The molecule has 3 heterocycles. The lowest BCUT2D eigenvalue weighted by Crippen LogP contribution is -2.41. The van der Waals surface area contributed by atoms with Gasteiger partial charge in [-0.3, -0.25) is 4.79 Å². The predicted molar refractivity (Wildman–Crippen MR) is 123 cm³/mol. The number of nitrogens with zero attached hydrogens (tertiary/aromatic N) is 3. The van der Waals surface area contributed by atoms with Gasteiger partial charge in [-0.25, -0.2) is 15.0 Å². The molecule has 1 amide bonds. The molecule has 2 aromatic heterocycles. The number of morpholine rings is 1. The standard InChI is InChI=1S/C23H27N5O3S/c1-13-8-28-23(32-13)20-7-17(31-12-18-11-25-4-5-30-18)6-19(22(24)29)21(20)14(2)16-9-26-15(3)27-10-16/h6-10,14,18,25H,4-5,11-12H2,1-3H3,(H2,24,29)/t14-,18+/m0/s1. The molecule has 0 aliphatic carbocycles. The van der Waals surface area contributed by atoms with Crippen LogP contribution in [0.3, 0.4) is 0 Å². The Hall–Kier alpha value is -2.88. The minimum Gasteiger partial charge on any atom is -0.491 e. The third-order valence-corrected chi connectivity index (χ3v) is 6.39. The molecular formula is C23H27N5O3S. The third kappa shape index (κ3) is 4.95. The zero-order valence-corrected chi connectivity index (χ0v) is 19.2. The Morgan fingerprint density at radius 1 is 1.28 bits per heavy atom. The van der Waals surface area contributed by atoms with Gasteiger partial charge in [0.1, 0.15) is 29.3 Å². The van der Waals surface area contributed by atoms with Gasteiger partial charge in [0.25, 0.3) is 0 Å². The molecule has 32 heavy (non-hydrogen) atoms. The van der Waals surface area contributed by atoms with Gasteiger partial charge in [-0.05, 0) is 37.1 Å². The summed E-state index contributed by atoms with van der Waals surface area (Å²) in [5.74, 6) is 0.564. The van der Waals surface area contributed by atoms with Crippen LogP contribution in [0.25, 0.3) is 10.6 Å². The Balaban J connectivity index is 1.77. The first-order valence-electron chi connectivity index (χ1n) is 10.6. The number of ether oxygens (including phenoxy) is 2. The van der Waals surface area contributed by atoms with Gasteiger partial charge < -0.3 is 20.5 Å². The second-order valence-corrected chi connectivity index (χ2v) is 9.10. The van der Waals surface area contributed by atoms with Gasteiger partial charge in [-0.1, -0.05) is 6.92 Å². The molecule has 8 nitrogen and oxygen atoms in total. The minimum absolute atomic E-state index is 0.0466. The molecule has 3 aromatic rings. The summed E-state index contributed by atoms with van der Waals surface area (Å²) < 4.78 is 11.8. The van der Waals surface area contributed by atoms with Crippen LogP contribution in [0.2, 0.25) is 0 Å². The van der Waals surface area contributed by atoms with E-state index in [0.717, 1.165) is 39.7 Å². The highest BCUT2D eigenvalue weighted by Crippen LogP contribution is 2.39. The van der Waals surface area contributed by atoms with Gasteiger partial charge in [0.2, 0.25) is 5.91 Å². The molecule has 4 rings (SSSR count). The Morgan fingerprint density at radius 3 is 2.69 bits per heavy atom. The van der Waals surface area contributed by atoms with Crippen molar-refractivity contribution in [3.05, 3.63) is 58.1 Å². The molecule has 9 heteroatoms. The first-order valence-corrected chi connectivity index (χ1v) is 11.4. The van der Waals surface area contributed by atoms with Crippen LogP contribution in [0.4, 0.5) is 0 Å². The number of carbonyl (C=O) groups is 1. The molecule has 168 valence electrons. The molecule has 0 bridgehead atoms. The fourth-order valence-electron chi connectivity index (χ4n) is 3.75. The van der Waals surface area contributed by atoms with Crippen LogP contribution in [-0.4, -0.2) is 53.3 Å². The molecule has 0 unspecified atom stereocenters. The summed E-state index contributed by atoms with van der Waals surface area (Å²) in [5.41, 5.74) is 8.75. The average Bonchev–Trinajstić information content (AvgIpc) is 3.24. The fraction of sp³-hybridized carbons (Fsp3) is 0.391. The number of hydrogen-bond donors (Lipinski definition) is 2. The molecule has 1 aromatic carbocycles. The number of hydrogen-bond acceptors (Lipinski definition) is 8. The van der Waals surface area contributed by atoms with Crippen LogP contribution in [-0.2, 0) is 4.74 Å². The highest BCUT2D eigenvalue weighted by Gasteiger charge is 2.25. The molecular weight excluding hydrogens is 426 g/mol. The van der Waals surface area contributed by atoms with E-state index >= 15 is 0 Å². The van der Waals surface area contributed by atoms with E-state index in [1.807, 2.05) is 33.0 Å². The quantitative estimate of drug-likeness (QED) is 0.566. The summed E-state index contributed by atoms with van der Waals surface area (Å²) in [6, 6.07) is 3.64. The zero-order chi connectivity index (χ0) is 22.7. The average molecular weight is 454 g/mol. The number of nitrogens with one attached hydrogen (secondary N) is 1.